The predicted octanol–water partition coefficient (Wildman–Crippen LogP) is 2.71. The summed E-state index contributed by atoms with van der Waals surface area (Å²) in [6.45, 7) is 5.02. The molecule has 2 heterocycles. The van der Waals surface area contributed by atoms with Crippen LogP contribution in [0.2, 0.25) is 5.02 Å². The second-order valence-electron chi connectivity index (χ2n) is 5.25. The van der Waals surface area contributed by atoms with Gasteiger partial charge in [0.25, 0.3) is 5.91 Å². The molecule has 1 saturated heterocycles. The van der Waals surface area contributed by atoms with E-state index in [2.05, 4.69) is 22.5 Å². The van der Waals surface area contributed by atoms with Crippen molar-refractivity contribution in [2.75, 3.05) is 31.6 Å². The van der Waals surface area contributed by atoms with Crippen LogP contribution in [0.1, 0.15) is 36.7 Å². The van der Waals surface area contributed by atoms with Gasteiger partial charge in [0.1, 0.15) is 11.5 Å². The molecule has 1 aromatic rings. The number of carbonyl (C=O) groups is 1. The number of halogens is 1. The largest absolute Gasteiger partial charge is 0.381 e. The molecule has 2 N–H and O–H groups in total. The Kier molecular flexibility index (Phi) is 6.26. The standard InChI is InChI=1S/C15H22ClN3O2/c1-2-7-17-13-6-5-12(16)14(19-13)15(20)18-9-11-4-3-8-21-10-11/h5-6,11H,2-4,7-10H2,1H3,(H,17,19)(H,18,20). The first-order valence-electron chi connectivity index (χ1n) is 7.47. The van der Waals surface area contributed by atoms with Crippen LogP contribution < -0.4 is 10.6 Å². The Morgan fingerprint density at radius 3 is 3.10 bits per heavy atom. The minimum atomic E-state index is -0.231. The highest BCUT2D eigenvalue weighted by atomic mass is 35.5. The fourth-order valence-corrected chi connectivity index (χ4v) is 2.43. The lowest BCUT2D eigenvalue weighted by Crippen LogP contribution is -2.33. The van der Waals surface area contributed by atoms with Gasteiger partial charge in [0.15, 0.2) is 0 Å². The van der Waals surface area contributed by atoms with Gasteiger partial charge in [-0.1, -0.05) is 18.5 Å². The Balaban J connectivity index is 1.93. The molecule has 5 nitrogen and oxygen atoms in total. The van der Waals surface area contributed by atoms with Crippen LogP contribution in [0.3, 0.4) is 0 Å². The van der Waals surface area contributed by atoms with Gasteiger partial charge >= 0.3 is 0 Å². The van der Waals surface area contributed by atoms with Crippen LogP contribution in [0, 0.1) is 5.92 Å². The molecule has 0 bridgehead atoms. The maximum absolute atomic E-state index is 12.2. The SMILES string of the molecule is CCCNc1ccc(Cl)c(C(=O)NCC2CCCOC2)n1. The third kappa shape index (κ3) is 4.86. The molecule has 1 aromatic heterocycles. The van der Waals surface area contributed by atoms with Crippen molar-refractivity contribution in [1.82, 2.24) is 10.3 Å². The molecule has 1 aliphatic rings. The number of pyridine rings is 1. The van der Waals surface area contributed by atoms with Crippen molar-refractivity contribution < 1.29 is 9.53 Å². The summed E-state index contributed by atoms with van der Waals surface area (Å²) >= 11 is 6.07. The average Bonchev–Trinajstić information content (AvgIpc) is 2.53. The Morgan fingerprint density at radius 1 is 1.52 bits per heavy atom. The molecule has 1 atom stereocenters. The number of ether oxygens (including phenoxy) is 1. The Morgan fingerprint density at radius 2 is 2.38 bits per heavy atom. The van der Waals surface area contributed by atoms with Crippen LogP contribution >= 0.6 is 11.6 Å². The van der Waals surface area contributed by atoms with Crippen LogP contribution in [0.5, 0.6) is 0 Å². The van der Waals surface area contributed by atoms with Gasteiger partial charge in [0.05, 0.1) is 11.6 Å². The first kappa shape index (κ1) is 16.0. The minimum Gasteiger partial charge on any atom is -0.381 e. The molecule has 1 unspecified atom stereocenters. The van der Waals surface area contributed by atoms with Crippen LogP contribution in [0.15, 0.2) is 12.1 Å². The number of amides is 1. The van der Waals surface area contributed by atoms with E-state index in [9.17, 15) is 4.79 Å². The van der Waals surface area contributed by atoms with E-state index in [0.29, 0.717) is 29.9 Å². The van der Waals surface area contributed by atoms with Gasteiger partial charge in [-0.2, -0.15) is 0 Å². The lowest BCUT2D eigenvalue weighted by atomic mass is 10.0. The van der Waals surface area contributed by atoms with E-state index in [1.165, 1.54) is 0 Å². The quantitative estimate of drug-likeness (QED) is 0.848. The highest BCUT2D eigenvalue weighted by molar-refractivity contribution is 6.33. The van der Waals surface area contributed by atoms with Crippen molar-refractivity contribution >= 4 is 23.3 Å². The van der Waals surface area contributed by atoms with Crippen molar-refractivity contribution in [2.24, 2.45) is 5.92 Å². The summed E-state index contributed by atoms with van der Waals surface area (Å²) in [5.41, 5.74) is 0.273. The topological polar surface area (TPSA) is 63.2 Å². The van der Waals surface area contributed by atoms with E-state index in [0.717, 1.165) is 32.4 Å². The maximum atomic E-state index is 12.2. The fraction of sp³-hybridized carbons (Fsp3) is 0.600. The molecule has 2 rings (SSSR count). The van der Waals surface area contributed by atoms with Gasteiger partial charge in [-0.25, -0.2) is 4.98 Å². The van der Waals surface area contributed by atoms with Crippen molar-refractivity contribution in [3.63, 3.8) is 0 Å². The van der Waals surface area contributed by atoms with Gasteiger partial charge in [-0.3, -0.25) is 4.79 Å². The molecule has 6 heteroatoms. The summed E-state index contributed by atoms with van der Waals surface area (Å²) in [4.78, 5) is 16.5. The molecule has 0 aromatic carbocycles. The molecule has 0 saturated carbocycles. The third-order valence-electron chi connectivity index (χ3n) is 3.42. The average molecular weight is 312 g/mol. The van der Waals surface area contributed by atoms with Crippen molar-refractivity contribution in [3.8, 4) is 0 Å². The van der Waals surface area contributed by atoms with Gasteiger partial charge in [0, 0.05) is 19.7 Å². The smallest absolute Gasteiger partial charge is 0.271 e. The lowest BCUT2D eigenvalue weighted by molar-refractivity contribution is 0.0536. The van der Waals surface area contributed by atoms with Gasteiger partial charge < -0.3 is 15.4 Å². The predicted molar refractivity (Wildman–Crippen MR) is 83.9 cm³/mol. The number of aromatic nitrogens is 1. The summed E-state index contributed by atoms with van der Waals surface area (Å²) in [5, 5.41) is 6.42. The lowest BCUT2D eigenvalue weighted by Gasteiger charge is -2.22. The van der Waals surface area contributed by atoms with Crippen LogP contribution in [-0.2, 0) is 4.74 Å². The first-order chi connectivity index (χ1) is 10.2. The van der Waals surface area contributed by atoms with Gasteiger partial charge in [0.2, 0.25) is 0 Å². The fourth-order valence-electron chi connectivity index (χ4n) is 2.24. The number of anilines is 1. The number of hydrogen-bond donors (Lipinski definition) is 2. The number of hydrogen-bond acceptors (Lipinski definition) is 4. The van der Waals surface area contributed by atoms with Gasteiger partial charge in [-0.05, 0) is 37.3 Å². The van der Waals surface area contributed by atoms with E-state index in [1.54, 1.807) is 12.1 Å². The highest BCUT2D eigenvalue weighted by Crippen LogP contribution is 2.17. The summed E-state index contributed by atoms with van der Waals surface area (Å²) < 4.78 is 5.40. The van der Waals surface area contributed by atoms with E-state index in [4.69, 9.17) is 16.3 Å². The highest BCUT2D eigenvalue weighted by Gasteiger charge is 2.17. The Hall–Kier alpha value is -1.33. The van der Waals surface area contributed by atoms with E-state index >= 15 is 0 Å². The number of nitrogens with one attached hydrogen (secondary N) is 2. The Bertz CT molecular complexity index is 476. The molecule has 1 aliphatic heterocycles. The summed E-state index contributed by atoms with van der Waals surface area (Å²) in [6.07, 6.45) is 3.13. The monoisotopic (exact) mass is 311 g/mol. The summed E-state index contributed by atoms with van der Waals surface area (Å²) in [6, 6.07) is 3.48. The van der Waals surface area contributed by atoms with Crippen LogP contribution in [-0.4, -0.2) is 37.2 Å². The summed E-state index contributed by atoms with van der Waals surface area (Å²) in [5.74, 6) is 0.820. The first-order valence-corrected chi connectivity index (χ1v) is 7.85. The molecule has 21 heavy (non-hydrogen) atoms. The second kappa shape index (κ2) is 8.20. The summed E-state index contributed by atoms with van der Waals surface area (Å²) in [7, 11) is 0. The van der Waals surface area contributed by atoms with E-state index < -0.39 is 0 Å². The zero-order valence-corrected chi connectivity index (χ0v) is 13.1. The molecule has 0 aliphatic carbocycles. The van der Waals surface area contributed by atoms with Crippen LogP contribution in [0.4, 0.5) is 5.82 Å². The van der Waals surface area contributed by atoms with E-state index in [1.807, 2.05) is 0 Å². The molecular formula is C15H22ClN3O2. The molecule has 0 radical (unpaired) electrons. The molecular weight excluding hydrogens is 290 g/mol. The normalized spacial score (nSPS) is 18.3. The van der Waals surface area contributed by atoms with Crippen molar-refractivity contribution in [1.29, 1.82) is 0 Å². The minimum absolute atomic E-state index is 0.231. The van der Waals surface area contributed by atoms with Gasteiger partial charge in [-0.15, -0.1) is 0 Å². The van der Waals surface area contributed by atoms with Crippen molar-refractivity contribution in [2.45, 2.75) is 26.2 Å². The number of carbonyl (C=O) groups excluding carboxylic acids is 1. The molecule has 1 amide bonds. The third-order valence-corrected chi connectivity index (χ3v) is 3.73. The maximum Gasteiger partial charge on any atom is 0.271 e. The molecule has 116 valence electrons. The second-order valence-corrected chi connectivity index (χ2v) is 5.65. The van der Waals surface area contributed by atoms with Crippen molar-refractivity contribution in [3.05, 3.63) is 22.8 Å². The molecule has 0 spiro atoms. The number of nitrogens with zero attached hydrogens (tertiary/aromatic N) is 1. The van der Waals surface area contributed by atoms with E-state index in [-0.39, 0.29) is 11.6 Å². The zero-order chi connectivity index (χ0) is 15.1. The number of rotatable bonds is 6. The Labute approximate surface area is 130 Å². The van der Waals surface area contributed by atoms with Crippen LogP contribution in [0.25, 0.3) is 0 Å². The zero-order valence-electron chi connectivity index (χ0n) is 12.3. The molecule has 1 fully saturated rings.